The van der Waals surface area contributed by atoms with Gasteiger partial charge in [-0.25, -0.2) is 0 Å². The molecule has 0 aliphatic carbocycles. The molecule has 0 atom stereocenters. The van der Waals surface area contributed by atoms with Crippen LogP contribution in [-0.4, -0.2) is 21.1 Å². The summed E-state index contributed by atoms with van der Waals surface area (Å²) in [5.41, 5.74) is 3.92. The van der Waals surface area contributed by atoms with Crippen LogP contribution in [0.4, 0.5) is 11.4 Å². The Labute approximate surface area is 91.0 Å². The van der Waals surface area contributed by atoms with Crippen molar-refractivity contribution in [3.8, 4) is 0 Å². The van der Waals surface area contributed by atoms with Crippen molar-refractivity contribution in [2.45, 2.75) is 0 Å². The molecule has 2 heterocycles. The Morgan fingerprint density at radius 2 is 2.31 bits per heavy atom. The predicted octanol–water partition coefficient (Wildman–Crippen LogP) is 0.343. The lowest BCUT2D eigenvalue weighted by molar-refractivity contribution is 0.102. The molecule has 16 heavy (non-hydrogen) atoms. The Morgan fingerprint density at radius 1 is 1.44 bits per heavy atom. The summed E-state index contributed by atoms with van der Waals surface area (Å²) >= 11 is 0. The van der Waals surface area contributed by atoms with Gasteiger partial charge in [-0.05, 0) is 12.1 Å². The molecule has 2 aromatic heterocycles. The van der Waals surface area contributed by atoms with E-state index in [1.165, 1.54) is 12.4 Å². The van der Waals surface area contributed by atoms with Crippen molar-refractivity contribution in [1.29, 1.82) is 0 Å². The Kier molecular flexibility index (Phi) is 2.79. The van der Waals surface area contributed by atoms with Crippen molar-refractivity contribution >= 4 is 17.3 Å². The summed E-state index contributed by atoms with van der Waals surface area (Å²) in [5.74, 6) is 4.91. The highest BCUT2D eigenvalue weighted by atomic mass is 16.1. The summed E-state index contributed by atoms with van der Waals surface area (Å²) in [5, 5.41) is 8.93. The number of nitrogen functional groups attached to an aromatic ring is 1. The zero-order valence-electron chi connectivity index (χ0n) is 8.27. The largest absolute Gasteiger partial charge is 0.324 e. The average Bonchev–Trinajstić information content (AvgIpc) is 2.82. The monoisotopic (exact) mass is 218 g/mol. The van der Waals surface area contributed by atoms with Gasteiger partial charge in [0, 0.05) is 12.4 Å². The first-order valence-electron chi connectivity index (χ1n) is 4.52. The van der Waals surface area contributed by atoms with Gasteiger partial charge in [-0.3, -0.25) is 20.7 Å². The lowest BCUT2D eigenvalue weighted by atomic mass is 10.3. The maximum absolute atomic E-state index is 11.7. The summed E-state index contributed by atoms with van der Waals surface area (Å²) in [4.78, 5) is 15.6. The number of nitrogens with two attached hydrogens (primary N) is 1. The number of nitrogens with one attached hydrogen (secondary N) is 3. The van der Waals surface area contributed by atoms with Crippen LogP contribution in [0.25, 0.3) is 0 Å². The SMILES string of the molecule is NNc1ccnc(C(=O)Nc2cn[nH]c2)c1. The molecule has 0 unspecified atom stereocenters. The third kappa shape index (κ3) is 2.15. The highest BCUT2D eigenvalue weighted by molar-refractivity contribution is 6.03. The number of pyridine rings is 1. The van der Waals surface area contributed by atoms with Gasteiger partial charge in [0.15, 0.2) is 0 Å². The van der Waals surface area contributed by atoms with Crippen LogP contribution in [0.5, 0.6) is 0 Å². The van der Waals surface area contributed by atoms with Crippen molar-refractivity contribution < 1.29 is 4.79 Å². The molecular weight excluding hydrogens is 208 g/mol. The highest BCUT2D eigenvalue weighted by Crippen LogP contribution is 2.08. The first-order valence-corrected chi connectivity index (χ1v) is 4.52. The first-order chi connectivity index (χ1) is 7.79. The maximum atomic E-state index is 11.7. The number of rotatable bonds is 3. The molecule has 0 fully saturated rings. The summed E-state index contributed by atoms with van der Waals surface area (Å²) in [6.07, 6.45) is 4.57. The van der Waals surface area contributed by atoms with Gasteiger partial charge in [0.05, 0.1) is 17.6 Å². The number of H-pyrrole nitrogens is 1. The Hall–Kier alpha value is -2.41. The van der Waals surface area contributed by atoms with Gasteiger partial charge in [-0.15, -0.1) is 0 Å². The topological polar surface area (TPSA) is 109 Å². The van der Waals surface area contributed by atoms with E-state index in [1.807, 2.05) is 0 Å². The minimum atomic E-state index is -0.321. The van der Waals surface area contributed by atoms with Crippen LogP contribution in [0.15, 0.2) is 30.7 Å². The molecule has 0 aliphatic heterocycles. The standard InChI is InChI=1S/C9H10N6O/c10-15-6-1-2-11-8(3-6)9(16)14-7-4-12-13-5-7/h1-5H,10H2,(H,11,15)(H,12,13)(H,14,16). The van der Waals surface area contributed by atoms with Crippen LogP contribution in [-0.2, 0) is 0 Å². The number of carbonyl (C=O) groups is 1. The normalized spacial score (nSPS) is 9.81. The van der Waals surface area contributed by atoms with E-state index >= 15 is 0 Å². The maximum Gasteiger partial charge on any atom is 0.274 e. The van der Waals surface area contributed by atoms with Gasteiger partial charge in [0.1, 0.15) is 5.69 Å². The minimum Gasteiger partial charge on any atom is -0.324 e. The number of aromatic nitrogens is 3. The molecule has 0 aliphatic rings. The molecule has 0 radical (unpaired) electrons. The number of anilines is 2. The van der Waals surface area contributed by atoms with Gasteiger partial charge >= 0.3 is 0 Å². The first kappa shape index (κ1) is 10.1. The van der Waals surface area contributed by atoms with E-state index in [0.717, 1.165) is 0 Å². The van der Waals surface area contributed by atoms with Crippen molar-refractivity contribution in [3.63, 3.8) is 0 Å². The lowest BCUT2D eigenvalue weighted by Gasteiger charge is -2.03. The van der Waals surface area contributed by atoms with Gasteiger partial charge in [0.2, 0.25) is 0 Å². The van der Waals surface area contributed by atoms with Crippen molar-refractivity contribution in [1.82, 2.24) is 15.2 Å². The highest BCUT2D eigenvalue weighted by Gasteiger charge is 2.08. The van der Waals surface area contributed by atoms with E-state index in [-0.39, 0.29) is 11.6 Å². The van der Waals surface area contributed by atoms with E-state index < -0.39 is 0 Å². The summed E-state index contributed by atoms with van der Waals surface area (Å²) in [6, 6.07) is 3.21. The van der Waals surface area contributed by atoms with E-state index in [9.17, 15) is 4.79 Å². The third-order valence-corrected chi connectivity index (χ3v) is 1.92. The second kappa shape index (κ2) is 4.41. The van der Waals surface area contributed by atoms with Gasteiger partial charge in [-0.2, -0.15) is 5.10 Å². The molecule has 0 aromatic carbocycles. The minimum absolute atomic E-state index is 0.275. The molecule has 5 N–H and O–H groups in total. The third-order valence-electron chi connectivity index (χ3n) is 1.92. The summed E-state index contributed by atoms with van der Waals surface area (Å²) in [7, 11) is 0. The number of carbonyl (C=O) groups excluding carboxylic acids is 1. The fourth-order valence-corrected chi connectivity index (χ4v) is 1.16. The van der Waals surface area contributed by atoms with Crippen LogP contribution in [0.3, 0.4) is 0 Å². The lowest BCUT2D eigenvalue weighted by Crippen LogP contribution is -2.14. The quantitative estimate of drug-likeness (QED) is 0.439. The van der Waals surface area contributed by atoms with Crippen LogP contribution in [0, 0.1) is 0 Å². The van der Waals surface area contributed by atoms with Crippen LogP contribution < -0.4 is 16.6 Å². The number of aromatic amines is 1. The number of hydrazine groups is 1. The molecule has 2 rings (SSSR count). The molecule has 0 saturated carbocycles. The molecule has 7 nitrogen and oxygen atoms in total. The van der Waals surface area contributed by atoms with Gasteiger partial charge in [0.25, 0.3) is 5.91 Å². The van der Waals surface area contributed by atoms with Crippen molar-refractivity contribution in [3.05, 3.63) is 36.4 Å². The van der Waals surface area contributed by atoms with Gasteiger partial charge < -0.3 is 10.7 Å². The van der Waals surface area contributed by atoms with E-state index in [4.69, 9.17) is 5.84 Å². The van der Waals surface area contributed by atoms with E-state index in [2.05, 4.69) is 25.9 Å². The zero-order valence-corrected chi connectivity index (χ0v) is 8.27. The fraction of sp³-hybridized carbons (Fsp3) is 0. The Bertz CT molecular complexity index is 481. The fourth-order valence-electron chi connectivity index (χ4n) is 1.16. The molecular formula is C9H10N6O. The number of hydrogen-bond donors (Lipinski definition) is 4. The van der Waals surface area contributed by atoms with Crippen LogP contribution in [0.2, 0.25) is 0 Å². The molecule has 2 aromatic rings. The average molecular weight is 218 g/mol. The molecule has 7 heteroatoms. The summed E-state index contributed by atoms with van der Waals surface area (Å²) < 4.78 is 0. The molecule has 0 bridgehead atoms. The van der Waals surface area contributed by atoms with Crippen molar-refractivity contribution in [2.75, 3.05) is 10.7 Å². The van der Waals surface area contributed by atoms with Crippen molar-refractivity contribution in [2.24, 2.45) is 5.84 Å². The number of hydrogen-bond acceptors (Lipinski definition) is 5. The zero-order chi connectivity index (χ0) is 11.4. The van der Waals surface area contributed by atoms with E-state index in [1.54, 1.807) is 18.3 Å². The molecule has 0 saturated heterocycles. The van der Waals surface area contributed by atoms with Crippen LogP contribution in [0.1, 0.15) is 10.5 Å². The molecule has 0 spiro atoms. The molecule has 82 valence electrons. The van der Waals surface area contributed by atoms with Gasteiger partial charge in [-0.1, -0.05) is 0 Å². The smallest absolute Gasteiger partial charge is 0.274 e. The van der Waals surface area contributed by atoms with E-state index in [0.29, 0.717) is 11.4 Å². The Morgan fingerprint density at radius 3 is 3.00 bits per heavy atom. The predicted molar refractivity (Wildman–Crippen MR) is 58.6 cm³/mol. The number of nitrogens with zero attached hydrogens (tertiary/aromatic N) is 2. The summed E-state index contributed by atoms with van der Waals surface area (Å²) in [6.45, 7) is 0. The number of amides is 1. The van der Waals surface area contributed by atoms with Crippen LogP contribution >= 0.6 is 0 Å². The second-order valence-corrected chi connectivity index (χ2v) is 3.02. The second-order valence-electron chi connectivity index (χ2n) is 3.02. The Balaban J connectivity index is 2.14. The molecule has 1 amide bonds.